The van der Waals surface area contributed by atoms with Crippen molar-refractivity contribution < 1.29 is 4.79 Å². The van der Waals surface area contributed by atoms with Crippen LogP contribution >= 0.6 is 11.8 Å². The molecule has 2 heterocycles. The Balaban J connectivity index is 1.51. The van der Waals surface area contributed by atoms with Gasteiger partial charge in [0.15, 0.2) is 0 Å². The minimum atomic E-state index is 0.0458. The molecular weight excluding hydrogens is 372 g/mol. The molecule has 8 heteroatoms. The van der Waals surface area contributed by atoms with Crippen LogP contribution in [0, 0.1) is 0 Å². The highest BCUT2D eigenvalue weighted by molar-refractivity contribution is 7.99. The summed E-state index contributed by atoms with van der Waals surface area (Å²) in [5.74, 6) is 0.368. The number of rotatable bonds is 9. The number of unbranched alkanes of at least 4 members (excludes halogenated alkanes) is 1. The summed E-state index contributed by atoms with van der Waals surface area (Å²) in [6.07, 6.45) is 5.51. The topological polar surface area (TPSA) is 75.9 Å². The first kappa shape index (κ1) is 20.8. The van der Waals surface area contributed by atoms with Crippen molar-refractivity contribution in [3.63, 3.8) is 0 Å². The number of aromatic nitrogens is 4. The second-order valence-electron chi connectivity index (χ2n) is 7.21. The zero-order valence-electron chi connectivity index (χ0n) is 16.8. The number of hydrogen-bond acceptors (Lipinski definition) is 6. The lowest BCUT2D eigenvalue weighted by Gasteiger charge is -2.31. The molecule has 1 saturated heterocycles. The predicted octanol–water partition coefficient (Wildman–Crippen LogP) is 2.70. The number of thioether (sulfide) groups is 1. The average Bonchev–Trinajstić information content (AvgIpc) is 3.20. The van der Waals surface area contributed by atoms with Crippen molar-refractivity contribution in [2.24, 2.45) is 0 Å². The van der Waals surface area contributed by atoms with Crippen LogP contribution in [-0.2, 0) is 11.2 Å². The quantitative estimate of drug-likeness (QED) is 0.650. The van der Waals surface area contributed by atoms with E-state index in [0.29, 0.717) is 10.9 Å². The van der Waals surface area contributed by atoms with Gasteiger partial charge in [0, 0.05) is 19.1 Å². The maximum Gasteiger partial charge on any atom is 0.230 e. The fourth-order valence-electron chi connectivity index (χ4n) is 3.41. The molecule has 2 aromatic rings. The van der Waals surface area contributed by atoms with E-state index < -0.39 is 0 Å². The molecule has 1 aromatic carbocycles. The van der Waals surface area contributed by atoms with E-state index in [0.717, 1.165) is 44.6 Å². The van der Waals surface area contributed by atoms with Crippen LogP contribution in [0.1, 0.15) is 45.1 Å². The monoisotopic (exact) mass is 402 g/mol. The van der Waals surface area contributed by atoms with E-state index in [-0.39, 0.29) is 11.9 Å². The molecule has 1 aliphatic heterocycles. The smallest absolute Gasteiger partial charge is 0.230 e. The standard InChI is InChI=1S/C20H30N6OS/c1-3-5-6-16-7-9-18(10-8-16)26-20(22-23-24-26)28-15-19(27)21-17-11-13-25(4-2)14-12-17/h7-10,17H,3-6,11-15H2,1-2H3,(H,21,27). The maximum absolute atomic E-state index is 12.3. The second kappa shape index (κ2) is 10.6. The number of aryl methyl sites for hydroxylation is 1. The van der Waals surface area contributed by atoms with Crippen LogP contribution in [0.25, 0.3) is 5.69 Å². The van der Waals surface area contributed by atoms with Gasteiger partial charge in [-0.2, -0.15) is 4.68 Å². The van der Waals surface area contributed by atoms with Crippen LogP contribution in [0.3, 0.4) is 0 Å². The highest BCUT2D eigenvalue weighted by Crippen LogP contribution is 2.19. The second-order valence-corrected chi connectivity index (χ2v) is 8.15. The highest BCUT2D eigenvalue weighted by atomic mass is 32.2. The summed E-state index contributed by atoms with van der Waals surface area (Å²) in [6.45, 7) is 7.57. The van der Waals surface area contributed by atoms with Gasteiger partial charge >= 0.3 is 0 Å². The van der Waals surface area contributed by atoms with Gasteiger partial charge in [0.25, 0.3) is 0 Å². The molecule has 0 saturated carbocycles. The first-order valence-corrected chi connectivity index (χ1v) is 11.2. The zero-order chi connectivity index (χ0) is 19.8. The lowest BCUT2D eigenvalue weighted by atomic mass is 10.1. The molecule has 0 unspecified atom stereocenters. The Morgan fingerprint density at radius 2 is 1.96 bits per heavy atom. The first-order valence-electron chi connectivity index (χ1n) is 10.2. The predicted molar refractivity (Wildman–Crippen MR) is 112 cm³/mol. The Hall–Kier alpha value is -1.93. The minimum absolute atomic E-state index is 0.0458. The summed E-state index contributed by atoms with van der Waals surface area (Å²) in [6, 6.07) is 8.59. The van der Waals surface area contributed by atoms with Crippen LogP contribution in [0.15, 0.2) is 29.4 Å². The van der Waals surface area contributed by atoms with Gasteiger partial charge in [-0.15, -0.1) is 5.10 Å². The van der Waals surface area contributed by atoms with Crippen LogP contribution in [0.2, 0.25) is 0 Å². The van der Waals surface area contributed by atoms with Gasteiger partial charge in [0.1, 0.15) is 0 Å². The van der Waals surface area contributed by atoms with Gasteiger partial charge in [-0.3, -0.25) is 4.79 Å². The number of likely N-dealkylation sites (tertiary alicyclic amines) is 1. The van der Waals surface area contributed by atoms with E-state index in [4.69, 9.17) is 0 Å². The third-order valence-corrected chi connectivity index (χ3v) is 6.09. The lowest BCUT2D eigenvalue weighted by molar-refractivity contribution is -0.119. The van der Waals surface area contributed by atoms with Gasteiger partial charge < -0.3 is 10.2 Å². The first-order chi connectivity index (χ1) is 13.7. The summed E-state index contributed by atoms with van der Waals surface area (Å²) in [7, 11) is 0. The van der Waals surface area contributed by atoms with Crippen molar-refractivity contribution >= 4 is 17.7 Å². The largest absolute Gasteiger partial charge is 0.353 e. The fraction of sp³-hybridized carbons (Fsp3) is 0.600. The molecule has 3 rings (SSSR count). The Morgan fingerprint density at radius 3 is 2.64 bits per heavy atom. The number of benzene rings is 1. The van der Waals surface area contributed by atoms with Crippen molar-refractivity contribution in [2.75, 3.05) is 25.4 Å². The molecule has 0 radical (unpaired) electrons. The number of tetrazole rings is 1. The SMILES string of the molecule is CCCCc1ccc(-n2nnnc2SCC(=O)NC2CCN(CC)CC2)cc1. The summed E-state index contributed by atoms with van der Waals surface area (Å²) in [5.41, 5.74) is 2.24. The Bertz CT molecular complexity index is 739. The van der Waals surface area contributed by atoms with Gasteiger partial charge in [-0.05, 0) is 60.4 Å². The fourth-order valence-corrected chi connectivity index (χ4v) is 4.11. The van der Waals surface area contributed by atoms with Crippen molar-refractivity contribution in [3.05, 3.63) is 29.8 Å². The minimum Gasteiger partial charge on any atom is -0.353 e. The molecule has 7 nitrogen and oxygen atoms in total. The number of carbonyl (C=O) groups is 1. The summed E-state index contributed by atoms with van der Waals surface area (Å²) < 4.78 is 1.70. The third kappa shape index (κ3) is 5.78. The van der Waals surface area contributed by atoms with E-state index in [2.05, 4.69) is 51.7 Å². The van der Waals surface area contributed by atoms with Gasteiger partial charge in [0.05, 0.1) is 11.4 Å². The number of amides is 1. The van der Waals surface area contributed by atoms with Crippen molar-refractivity contribution in [3.8, 4) is 5.69 Å². The zero-order valence-corrected chi connectivity index (χ0v) is 17.6. The molecule has 1 aliphatic rings. The highest BCUT2D eigenvalue weighted by Gasteiger charge is 2.20. The van der Waals surface area contributed by atoms with E-state index >= 15 is 0 Å². The summed E-state index contributed by atoms with van der Waals surface area (Å²) in [4.78, 5) is 14.7. The van der Waals surface area contributed by atoms with Gasteiger partial charge in [-0.25, -0.2) is 0 Å². The maximum atomic E-state index is 12.3. The summed E-state index contributed by atoms with van der Waals surface area (Å²) >= 11 is 1.37. The van der Waals surface area contributed by atoms with E-state index in [1.54, 1.807) is 4.68 Å². The molecule has 1 aromatic heterocycles. The van der Waals surface area contributed by atoms with Crippen LogP contribution in [-0.4, -0.2) is 62.4 Å². The molecule has 0 atom stereocenters. The Labute approximate surface area is 171 Å². The lowest BCUT2D eigenvalue weighted by Crippen LogP contribution is -2.45. The molecule has 0 bridgehead atoms. The Kier molecular flexibility index (Phi) is 7.85. The number of piperidine rings is 1. The third-order valence-electron chi connectivity index (χ3n) is 5.17. The molecule has 1 N–H and O–H groups in total. The molecular formula is C20H30N6OS. The molecule has 0 aliphatic carbocycles. The number of carbonyl (C=O) groups excluding carboxylic acids is 1. The van der Waals surface area contributed by atoms with Crippen LogP contribution < -0.4 is 5.32 Å². The van der Waals surface area contributed by atoms with Gasteiger partial charge in [-0.1, -0.05) is 44.2 Å². The van der Waals surface area contributed by atoms with Crippen LogP contribution in [0.5, 0.6) is 0 Å². The molecule has 28 heavy (non-hydrogen) atoms. The van der Waals surface area contributed by atoms with Crippen molar-refractivity contribution in [2.45, 2.75) is 57.1 Å². The normalized spacial score (nSPS) is 15.6. The Morgan fingerprint density at radius 1 is 1.21 bits per heavy atom. The molecule has 1 fully saturated rings. The van der Waals surface area contributed by atoms with Crippen molar-refractivity contribution in [1.82, 2.24) is 30.4 Å². The molecule has 1 amide bonds. The van der Waals surface area contributed by atoms with E-state index in [9.17, 15) is 4.79 Å². The summed E-state index contributed by atoms with van der Waals surface area (Å²) in [5, 5.41) is 15.7. The van der Waals surface area contributed by atoms with E-state index in [1.807, 2.05) is 12.1 Å². The number of nitrogens with zero attached hydrogens (tertiary/aromatic N) is 5. The average molecular weight is 403 g/mol. The molecule has 0 spiro atoms. The molecule has 152 valence electrons. The van der Waals surface area contributed by atoms with E-state index in [1.165, 1.54) is 30.2 Å². The van der Waals surface area contributed by atoms with Crippen LogP contribution in [0.4, 0.5) is 0 Å². The number of nitrogens with one attached hydrogen (secondary N) is 1. The van der Waals surface area contributed by atoms with Crippen molar-refractivity contribution in [1.29, 1.82) is 0 Å². The number of hydrogen-bond donors (Lipinski definition) is 1. The van der Waals surface area contributed by atoms with Gasteiger partial charge in [0.2, 0.25) is 11.1 Å².